The zero-order valence-corrected chi connectivity index (χ0v) is 10.0. The van der Waals surface area contributed by atoms with E-state index < -0.39 is 0 Å². The summed E-state index contributed by atoms with van der Waals surface area (Å²) >= 11 is 4.63. The van der Waals surface area contributed by atoms with Crippen LogP contribution >= 0.6 is 11.8 Å². The summed E-state index contributed by atoms with van der Waals surface area (Å²) in [5.41, 5.74) is 0.943. The van der Waals surface area contributed by atoms with Crippen molar-refractivity contribution >= 4 is 42.8 Å². The molecular formula is C10H9NOSSe. The molecule has 1 aliphatic heterocycles. The van der Waals surface area contributed by atoms with Crippen molar-refractivity contribution < 1.29 is 4.79 Å². The number of hydrogen-bond acceptors (Lipinski definition) is 2. The van der Waals surface area contributed by atoms with Crippen LogP contribution in [0.5, 0.6) is 0 Å². The van der Waals surface area contributed by atoms with Crippen molar-refractivity contribution in [1.29, 1.82) is 0 Å². The number of para-hydroxylation sites is 1. The molecule has 1 aromatic rings. The van der Waals surface area contributed by atoms with Crippen molar-refractivity contribution in [2.24, 2.45) is 0 Å². The van der Waals surface area contributed by atoms with Crippen LogP contribution in [0.15, 0.2) is 30.3 Å². The van der Waals surface area contributed by atoms with Gasteiger partial charge in [-0.25, -0.2) is 0 Å². The second-order valence-electron chi connectivity index (χ2n) is 2.93. The fourth-order valence-corrected chi connectivity index (χ4v) is 3.08. The molecule has 0 atom stereocenters. The molecule has 1 saturated heterocycles. The van der Waals surface area contributed by atoms with Crippen molar-refractivity contribution in [3.8, 4) is 0 Å². The minimum atomic E-state index is 0.170. The topological polar surface area (TPSA) is 20.3 Å². The van der Waals surface area contributed by atoms with E-state index in [1.54, 1.807) is 16.7 Å². The molecule has 0 aromatic heterocycles. The number of amides is 1. The average Bonchev–Trinajstić information content (AvgIpc) is 2.19. The van der Waals surface area contributed by atoms with E-state index in [1.807, 2.05) is 30.3 Å². The van der Waals surface area contributed by atoms with Gasteiger partial charge in [0.15, 0.2) is 0 Å². The van der Waals surface area contributed by atoms with Gasteiger partial charge in [0.25, 0.3) is 0 Å². The first-order valence-corrected chi connectivity index (χ1v) is 6.18. The molecule has 0 saturated carbocycles. The summed E-state index contributed by atoms with van der Waals surface area (Å²) in [7, 11) is 0. The Kier molecular flexibility index (Phi) is 3.06. The Hall–Kier alpha value is -0.571. The molecule has 0 spiro atoms. The molecule has 1 heterocycles. The summed E-state index contributed by atoms with van der Waals surface area (Å²) in [6.45, 7) is 0. The van der Waals surface area contributed by atoms with E-state index in [2.05, 4.69) is 15.6 Å². The van der Waals surface area contributed by atoms with Crippen LogP contribution in [-0.2, 0) is 4.79 Å². The van der Waals surface area contributed by atoms with E-state index >= 15 is 0 Å². The summed E-state index contributed by atoms with van der Waals surface area (Å²) < 4.78 is 0.951. The Labute approximate surface area is 95.0 Å². The molecule has 1 amide bonds. The van der Waals surface area contributed by atoms with Crippen molar-refractivity contribution in [3.63, 3.8) is 0 Å². The summed E-state index contributed by atoms with van der Waals surface area (Å²) in [5.74, 6) is 1.05. The van der Waals surface area contributed by atoms with Gasteiger partial charge in [0.1, 0.15) is 0 Å². The predicted octanol–water partition coefficient (Wildman–Crippen LogP) is 1.41. The maximum atomic E-state index is 11.7. The summed E-state index contributed by atoms with van der Waals surface area (Å²) in [6, 6.07) is 9.72. The molecule has 2 nitrogen and oxygen atoms in total. The fraction of sp³-hybridized carbons (Fsp3) is 0.200. The van der Waals surface area contributed by atoms with E-state index in [-0.39, 0.29) is 5.91 Å². The Morgan fingerprint density at radius 1 is 1.29 bits per heavy atom. The summed E-state index contributed by atoms with van der Waals surface area (Å²) in [5, 5.41) is 0. The minimum absolute atomic E-state index is 0.170. The van der Waals surface area contributed by atoms with Gasteiger partial charge in [-0.1, -0.05) is 0 Å². The number of carbonyl (C=O) groups is 1. The second-order valence-corrected chi connectivity index (χ2v) is 5.41. The molecular weight excluding hydrogens is 261 g/mol. The first kappa shape index (κ1) is 9.96. The van der Waals surface area contributed by atoms with Crippen molar-refractivity contribution in [1.82, 2.24) is 0 Å². The Bertz CT molecular complexity index is 350. The molecule has 1 aromatic carbocycles. The molecule has 0 bridgehead atoms. The molecule has 1 fully saturated rings. The van der Waals surface area contributed by atoms with Gasteiger partial charge in [-0.15, -0.1) is 0 Å². The average molecular weight is 270 g/mol. The molecule has 4 heteroatoms. The first-order chi connectivity index (χ1) is 6.79. The van der Waals surface area contributed by atoms with Crippen LogP contribution < -0.4 is 4.90 Å². The molecule has 0 aliphatic carbocycles. The zero-order chi connectivity index (χ0) is 9.97. The van der Waals surface area contributed by atoms with Gasteiger partial charge < -0.3 is 0 Å². The number of anilines is 1. The van der Waals surface area contributed by atoms with Crippen LogP contribution in [0.3, 0.4) is 0 Å². The van der Waals surface area contributed by atoms with Crippen molar-refractivity contribution in [2.75, 3.05) is 10.7 Å². The molecule has 2 rings (SSSR count). The third-order valence-corrected chi connectivity index (χ3v) is 3.95. The third kappa shape index (κ3) is 1.92. The van der Waals surface area contributed by atoms with Crippen molar-refractivity contribution in [2.45, 2.75) is 6.42 Å². The number of nitrogens with zero attached hydrogens (tertiary/aromatic N) is 1. The van der Waals surface area contributed by atoms with Crippen LogP contribution in [-0.4, -0.2) is 31.1 Å². The van der Waals surface area contributed by atoms with Crippen LogP contribution in [0.25, 0.3) is 0 Å². The number of rotatable bonds is 1. The van der Waals surface area contributed by atoms with Gasteiger partial charge in [0.05, 0.1) is 0 Å². The molecule has 1 aliphatic rings. The maximum absolute atomic E-state index is 11.7. The Balaban J connectivity index is 2.32. The Morgan fingerprint density at radius 2 is 2.00 bits per heavy atom. The van der Waals surface area contributed by atoms with E-state index in [1.165, 1.54) is 0 Å². The summed E-state index contributed by atoms with van der Waals surface area (Å²) in [4.78, 5) is 13.4. The van der Waals surface area contributed by atoms with Gasteiger partial charge >= 0.3 is 95.0 Å². The van der Waals surface area contributed by atoms with Crippen LogP contribution in [0.2, 0.25) is 0 Å². The third-order valence-electron chi connectivity index (χ3n) is 1.99. The van der Waals surface area contributed by atoms with E-state index in [9.17, 15) is 4.79 Å². The molecule has 14 heavy (non-hydrogen) atoms. The van der Waals surface area contributed by atoms with Gasteiger partial charge in [-0.2, -0.15) is 0 Å². The zero-order valence-electron chi connectivity index (χ0n) is 7.47. The Morgan fingerprint density at radius 3 is 2.64 bits per heavy atom. The number of benzene rings is 1. The van der Waals surface area contributed by atoms with Gasteiger partial charge in [-0.05, 0) is 0 Å². The number of carbonyl (C=O) groups excluding carboxylic acids is 1. The normalized spacial score (nSPS) is 17.3. The quantitative estimate of drug-likeness (QED) is 0.719. The van der Waals surface area contributed by atoms with Crippen LogP contribution in [0.4, 0.5) is 5.69 Å². The van der Waals surface area contributed by atoms with Crippen LogP contribution in [0.1, 0.15) is 6.42 Å². The van der Waals surface area contributed by atoms with Crippen LogP contribution in [0, 0.1) is 0 Å². The SMILES string of the molecule is O=C1CCSC(=[Se])N1c1ccccc1. The molecule has 0 unspecified atom stereocenters. The standard InChI is InChI=1S/C10H9NOSSe/c12-9-6-7-13-10(14)11(9)8-4-2-1-3-5-8/h1-5H,6-7H2. The van der Waals surface area contributed by atoms with Gasteiger partial charge in [0.2, 0.25) is 0 Å². The van der Waals surface area contributed by atoms with Gasteiger partial charge in [0, 0.05) is 0 Å². The number of thioether (sulfide) groups is 1. The number of hydrogen-bond donors (Lipinski definition) is 0. The van der Waals surface area contributed by atoms with E-state index in [0.717, 1.165) is 15.3 Å². The first-order valence-electron chi connectivity index (χ1n) is 4.34. The molecule has 72 valence electrons. The molecule has 0 radical (unpaired) electrons. The predicted molar refractivity (Wildman–Crippen MR) is 61.8 cm³/mol. The van der Waals surface area contributed by atoms with E-state index in [4.69, 9.17) is 0 Å². The monoisotopic (exact) mass is 271 g/mol. The second kappa shape index (κ2) is 4.30. The molecule has 0 N–H and O–H groups in total. The fourth-order valence-electron chi connectivity index (χ4n) is 1.33. The van der Waals surface area contributed by atoms with Crippen molar-refractivity contribution in [3.05, 3.63) is 30.3 Å². The van der Waals surface area contributed by atoms with E-state index in [0.29, 0.717) is 6.42 Å². The van der Waals surface area contributed by atoms with Gasteiger partial charge in [-0.3, -0.25) is 0 Å². The summed E-state index contributed by atoms with van der Waals surface area (Å²) in [6.07, 6.45) is 0.616.